The van der Waals surface area contributed by atoms with Gasteiger partial charge in [-0.25, -0.2) is 4.98 Å². The number of nitrogens with zero attached hydrogens (tertiary/aromatic N) is 3. The van der Waals surface area contributed by atoms with Crippen LogP contribution in [0.5, 0.6) is 0 Å². The number of hydrogen-bond acceptors (Lipinski definition) is 8. The summed E-state index contributed by atoms with van der Waals surface area (Å²) in [4.78, 5) is 64.8. The molecule has 2 aromatic rings. The summed E-state index contributed by atoms with van der Waals surface area (Å²) in [5.41, 5.74) is 22.3. The molecule has 15 heteroatoms. The average Bonchev–Trinajstić information content (AvgIpc) is 3.36. The summed E-state index contributed by atoms with van der Waals surface area (Å²) in [6, 6.07) is 4.71. The first kappa shape index (κ1) is 33.2. The summed E-state index contributed by atoms with van der Waals surface area (Å²) in [6.07, 6.45) is 4.75. The van der Waals surface area contributed by atoms with Crippen molar-refractivity contribution >= 4 is 57.0 Å². The van der Waals surface area contributed by atoms with Gasteiger partial charge in [0, 0.05) is 20.0 Å². The Labute approximate surface area is 254 Å². The summed E-state index contributed by atoms with van der Waals surface area (Å²) in [5.74, 6) is -1.56. The van der Waals surface area contributed by atoms with Gasteiger partial charge in [-0.3, -0.25) is 29.2 Å². The van der Waals surface area contributed by atoms with E-state index in [4.69, 9.17) is 22.9 Å². The minimum absolute atomic E-state index is 0.0617. The van der Waals surface area contributed by atoms with Crippen molar-refractivity contribution in [2.75, 3.05) is 13.1 Å². The maximum atomic E-state index is 13.7. The molecule has 3 amide bonds. The fraction of sp³-hybridized carbons (Fsp3) is 0.536. The molecular formula is C28H42N10O4S. The molecule has 0 bridgehead atoms. The van der Waals surface area contributed by atoms with E-state index in [1.54, 1.807) is 0 Å². The van der Waals surface area contributed by atoms with Crippen LogP contribution in [-0.2, 0) is 14.4 Å². The number of fused-ring (bicyclic) bond motifs is 1. The van der Waals surface area contributed by atoms with Crippen molar-refractivity contribution < 1.29 is 19.2 Å². The van der Waals surface area contributed by atoms with Crippen LogP contribution in [0.15, 0.2) is 34.3 Å². The van der Waals surface area contributed by atoms with Gasteiger partial charge in [-0.15, -0.1) is 11.3 Å². The van der Waals surface area contributed by atoms with Crippen molar-refractivity contribution in [1.29, 1.82) is 0 Å². The van der Waals surface area contributed by atoms with E-state index in [9.17, 15) is 19.2 Å². The Balaban J connectivity index is 1.77. The van der Waals surface area contributed by atoms with Gasteiger partial charge in [-0.05, 0) is 50.2 Å². The molecule has 3 atom stereocenters. The van der Waals surface area contributed by atoms with Crippen molar-refractivity contribution in [1.82, 2.24) is 20.9 Å². The molecule has 234 valence electrons. The first-order chi connectivity index (χ1) is 20.5. The van der Waals surface area contributed by atoms with Gasteiger partial charge in [0.25, 0.3) is 0 Å². The summed E-state index contributed by atoms with van der Waals surface area (Å²) >= 11 is 1.25. The highest BCUT2D eigenvalue weighted by Crippen LogP contribution is 2.31. The SMILES string of the molecule is CC(=O)N[C@H](CCCN=C(N)N)C(=O)NC(CC1CCC1)C(=O)NC(CCCN=C(N)N)C(=O)c1nc2ccccc2s1. The van der Waals surface area contributed by atoms with E-state index < -0.39 is 29.9 Å². The number of nitrogens with two attached hydrogens (primary N) is 4. The third-order valence-corrected chi connectivity index (χ3v) is 8.20. The van der Waals surface area contributed by atoms with Crippen LogP contribution in [0.1, 0.15) is 68.1 Å². The molecule has 0 aliphatic heterocycles. The lowest BCUT2D eigenvalue weighted by Gasteiger charge is -2.31. The number of rotatable bonds is 17. The molecule has 2 unspecified atom stereocenters. The predicted molar refractivity (Wildman–Crippen MR) is 167 cm³/mol. The maximum absolute atomic E-state index is 13.7. The zero-order valence-electron chi connectivity index (χ0n) is 24.4. The molecule has 1 fully saturated rings. The second-order valence-corrected chi connectivity index (χ2v) is 11.7. The molecule has 1 aromatic carbocycles. The van der Waals surface area contributed by atoms with Gasteiger partial charge in [0.15, 0.2) is 16.9 Å². The molecule has 43 heavy (non-hydrogen) atoms. The Bertz CT molecular complexity index is 1300. The zero-order valence-corrected chi connectivity index (χ0v) is 25.2. The fourth-order valence-electron chi connectivity index (χ4n) is 4.75. The first-order valence-electron chi connectivity index (χ1n) is 14.4. The van der Waals surface area contributed by atoms with E-state index in [2.05, 4.69) is 30.9 Å². The third-order valence-electron chi connectivity index (χ3n) is 7.15. The van der Waals surface area contributed by atoms with E-state index >= 15 is 0 Å². The van der Waals surface area contributed by atoms with Gasteiger partial charge in [-0.2, -0.15) is 0 Å². The summed E-state index contributed by atoms with van der Waals surface area (Å²) in [6.45, 7) is 1.88. The highest BCUT2D eigenvalue weighted by atomic mass is 32.1. The Morgan fingerprint density at radius 3 is 2.02 bits per heavy atom. The molecule has 14 nitrogen and oxygen atoms in total. The van der Waals surface area contributed by atoms with Crippen molar-refractivity contribution in [2.45, 2.75) is 76.4 Å². The van der Waals surface area contributed by atoms with E-state index in [-0.39, 0.29) is 60.5 Å². The van der Waals surface area contributed by atoms with Gasteiger partial charge in [-0.1, -0.05) is 31.4 Å². The number of benzene rings is 1. The van der Waals surface area contributed by atoms with E-state index in [0.29, 0.717) is 24.8 Å². The van der Waals surface area contributed by atoms with Crippen LogP contribution in [0.3, 0.4) is 0 Å². The Kier molecular flexibility index (Phi) is 12.7. The number of amides is 3. The third kappa shape index (κ3) is 10.8. The number of aromatic nitrogens is 1. The lowest BCUT2D eigenvalue weighted by molar-refractivity contribution is -0.132. The minimum atomic E-state index is -0.909. The molecule has 3 rings (SSSR count). The van der Waals surface area contributed by atoms with Gasteiger partial charge in [0.05, 0.1) is 16.3 Å². The van der Waals surface area contributed by atoms with Crippen LogP contribution >= 0.6 is 11.3 Å². The molecule has 0 spiro atoms. The molecule has 1 aliphatic rings. The molecule has 0 saturated heterocycles. The number of nitrogens with one attached hydrogen (secondary N) is 3. The highest BCUT2D eigenvalue weighted by Gasteiger charge is 2.33. The van der Waals surface area contributed by atoms with Crippen LogP contribution in [0.2, 0.25) is 0 Å². The smallest absolute Gasteiger partial charge is 0.243 e. The van der Waals surface area contributed by atoms with Gasteiger partial charge in [0.1, 0.15) is 12.1 Å². The second-order valence-electron chi connectivity index (χ2n) is 10.7. The number of carbonyl (C=O) groups is 4. The normalized spacial score (nSPS) is 14.9. The van der Waals surface area contributed by atoms with Gasteiger partial charge >= 0.3 is 0 Å². The molecule has 0 radical (unpaired) electrons. The van der Waals surface area contributed by atoms with Gasteiger partial charge in [0.2, 0.25) is 23.5 Å². The lowest BCUT2D eigenvalue weighted by atomic mass is 9.80. The predicted octanol–water partition coefficient (Wildman–Crippen LogP) is 0.251. The zero-order chi connectivity index (χ0) is 31.4. The minimum Gasteiger partial charge on any atom is -0.370 e. The number of Topliss-reactive ketones (excluding diaryl/α,β-unsaturated/α-hetero) is 1. The standard InChI is InChI=1S/C28H42N10O4S/c1-16(39)35-20(11-6-14-34-28(31)32)24(41)37-21(15-17-7-4-8-17)25(42)36-19(10-5-13-33-27(29)30)23(40)26-38-18-9-2-3-12-22(18)43-26/h2-3,9,12,17,19-21H,4-8,10-11,13-15H2,1H3,(H,35,39)(H,36,42)(H,37,41)(H4,29,30,33)(H4,31,32,34)/t19?,20-,21?/m1/s1. The molecule has 1 saturated carbocycles. The average molecular weight is 615 g/mol. The molecule has 1 heterocycles. The molecular weight excluding hydrogens is 572 g/mol. The lowest BCUT2D eigenvalue weighted by Crippen LogP contribution is -2.56. The molecule has 11 N–H and O–H groups in total. The number of aliphatic imine (C=N–C) groups is 2. The highest BCUT2D eigenvalue weighted by molar-refractivity contribution is 7.20. The van der Waals surface area contributed by atoms with Crippen LogP contribution in [0, 0.1) is 5.92 Å². The monoisotopic (exact) mass is 614 g/mol. The largest absolute Gasteiger partial charge is 0.370 e. The Hall–Kier alpha value is -4.27. The summed E-state index contributed by atoms with van der Waals surface area (Å²) in [5, 5.41) is 8.62. The first-order valence-corrected chi connectivity index (χ1v) is 15.2. The Morgan fingerprint density at radius 2 is 1.47 bits per heavy atom. The number of para-hydroxylation sites is 1. The van der Waals surface area contributed by atoms with Crippen LogP contribution in [0.4, 0.5) is 0 Å². The number of hydrogen-bond donors (Lipinski definition) is 7. The molecule has 1 aromatic heterocycles. The van der Waals surface area contributed by atoms with Crippen molar-refractivity contribution in [3.63, 3.8) is 0 Å². The number of carbonyl (C=O) groups excluding carboxylic acids is 4. The van der Waals surface area contributed by atoms with E-state index in [0.717, 1.165) is 24.0 Å². The Morgan fingerprint density at radius 1 is 0.884 bits per heavy atom. The number of thiazole rings is 1. The summed E-state index contributed by atoms with van der Waals surface area (Å²) in [7, 11) is 0. The van der Waals surface area contributed by atoms with Crippen LogP contribution < -0.4 is 38.9 Å². The van der Waals surface area contributed by atoms with Crippen LogP contribution in [0.25, 0.3) is 10.2 Å². The van der Waals surface area contributed by atoms with Crippen molar-refractivity contribution in [2.24, 2.45) is 38.8 Å². The molecule has 1 aliphatic carbocycles. The maximum Gasteiger partial charge on any atom is 0.243 e. The second kappa shape index (κ2) is 16.4. The van der Waals surface area contributed by atoms with E-state index in [1.165, 1.54) is 18.3 Å². The number of ketones is 1. The number of guanidine groups is 2. The summed E-state index contributed by atoms with van der Waals surface area (Å²) < 4.78 is 0.857. The van der Waals surface area contributed by atoms with Crippen molar-refractivity contribution in [3.05, 3.63) is 29.3 Å². The quantitative estimate of drug-likeness (QED) is 0.0558. The van der Waals surface area contributed by atoms with Crippen molar-refractivity contribution in [3.8, 4) is 0 Å². The van der Waals surface area contributed by atoms with E-state index in [1.807, 2.05) is 24.3 Å². The topological polar surface area (TPSA) is 246 Å². The van der Waals surface area contributed by atoms with Gasteiger partial charge < -0.3 is 38.9 Å². The van der Waals surface area contributed by atoms with Crippen LogP contribution in [-0.4, -0.2) is 71.6 Å². The fourth-order valence-corrected chi connectivity index (χ4v) is 5.71.